The fraction of sp³-hybridized carbons (Fsp3) is 0.667. The third-order valence-electron chi connectivity index (χ3n) is 3.09. The van der Waals surface area contributed by atoms with Gasteiger partial charge < -0.3 is 16.0 Å². The Morgan fingerprint density at radius 3 is 2.82 bits per heavy atom. The summed E-state index contributed by atoms with van der Waals surface area (Å²) in [4.78, 5) is 10.8. The SMILES string of the molecule is CCNc1cc(N2CCC(C)(C)C2)nc(N)n1. The molecule has 0 bridgehead atoms. The minimum atomic E-state index is 0.336. The van der Waals surface area contributed by atoms with Gasteiger partial charge in [0.2, 0.25) is 5.95 Å². The third kappa shape index (κ3) is 2.78. The summed E-state index contributed by atoms with van der Waals surface area (Å²) in [5.41, 5.74) is 6.10. The van der Waals surface area contributed by atoms with Crippen LogP contribution < -0.4 is 16.0 Å². The molecule has 0 unspecified atom stereocenters. The molecule has 0 atom stereocenters. The second kappa shape index (κ2) is 4.39. The Morgan fingerprint density at radius 1 is 1.47 bits per heavy atom. The zero-order valence-corrected chi connectivity index (χ0v) is 10.8. The first-order valence-electron chi connectivity index (χ1n) is 6.13. The highest BCUT2D eigenvalue weighted by Gasteiger charge is 2.30. The smallest absolute Gasteiger partial charge is 0.223 e. The van der Waals surface area contributed by atoms with Gasteiger partial charge in [-0.25, -0.2) is 0 Å². The average molecular weight is 235 g/mol. The fourth-order valence-electron chi connectivity index (χ4n) is 2.19. The number of aromatic nitrogens is 2. The first-order valence-corrected chi connectivity index (χ1v) is 6.13. The van der Waals surface area contributed by atoms with E-state index >= 15 is 0 Å². The number of hydrogen-bond acceptors (Lipinski definition) is 5. The molecule has 0 saturated carbocycles. The molecule has 1 fully saturated rings. The van der Waals surface area contributed by atoms with E-state index in [0.717, 1.165) is 31.3 Å². The van der Waals surface area contributed by atoms with E-state index in [0.29, 0.717) is 11.4 Å². The number of nitrogens with zero attached hydrogens (tertiary/aromatic N) is 3. The monoisotopic (exact) mass is 235 g/mol. The molecule has 1 saturated heterocycles. The van der Waals surface area contributed by atoms with Crippen LogP contribution in [-0.2, 0) is 0 Å². The first-order chi connectivity index (χ1) is 8.00. The summed E-state index contributed by atoms with van der Waals surface area (Å²) in [6, 6.07) is 1.97. The highest BCUT2D eigenvalue weighted by atomic mass is 15.2. The topological polar surface area (TPSA) is 67.1 Å². The number of rotatable bonds is 3. The molecule has 5 nitrogen and oxygen atoms in total. The molecule has 17 heavy (non-hydrogen) atoms. The number of hydrogen-bond donors (Lipinski definition) is 2. The van der Waals surface area contributed by atoms with Gasteiger partial charge in [-0.05, 0) is 18.8 Å². The van der Waals surface area contributed by atoms with Crippen molar-refractivity contribution in [3.8, 4) is 0 Å². The lowest BCUT2D eigenvalue weighted by Crippen LogP contribution is -2.24. The molecule has 0 amide bonds. The maximum absolute atomic E-state index is 5.74. The van der Waals surface area contributed by atoms with Crippen LogP contribution in [0.5, 0.6) is 0 Å². The molecule has 1 aliphatic rings. The van der Waals surface area contributed by atoms with Gasteiger partial charge in [-0.15, -0.1) is 0 Å². The van der Waals surface area contributed by atoms with Gasteiger partial charge in [0.1, 0.15) is 11.6 Å². The van der Waals surface area contributed by atoms with Crippen molar-refractivity contribution in [3.05, 3.63) is 6.07 Å². The van der Waals surface area contributed by atoms with Crippen LogP contribution in [0.4, 0.5) is 17.6 Å². The Labute approximate surface area is 102 Å². The van der Waals surface area contributed by atoms with E-state index in [4.69, 9.17) is 5.73 Å². The Kier molecular flexibility index (Phi) is 3.09. The second-order valence-corrected chi connectivity index (χ2v) is 5.34. The van der Waals surface area contributed by atoms with Crippen molar-refractivity contribution in [2.75, 3.05) is 35.6 Å². The molecular weight excluding hydrogens is 214 g/mol. The van der Waals surface area contributed by atoms with Crippen LogP contribution in [0, 0.1) is 5.41 Å². The van der Waals surface area contributed by atoms with Crippen LogP contribution in [0.15, 0.2) is 6.07 Å². The van der Waals surface area contributed by atoms with Crippen LogP contribution in [0.2, 0.25) is 0 Å². The molecule has 0 aromatic carbocycles. The van der Waals surface area contributed by atoms with Gasteiger partial charge in [-0.2, -0.15) is 9.97 Å². The van der Waals surface area contributed by atoms with E-state index in [9.17, 15) is 0 Å². The summed E-state index contributed by atoms with van der Waals surface area (Å²) >= 11 is 0. The predicted molar refractivity (Wildman–Crippen MR) is 71.2 cm³/mol. The maximum Gasteiger partial charge on any atom is 0.223 e. The number of nitrogens with two attached hydrogens (primary N) is 1. The Hall–Kier alpha value is -1.52. The van der Waals surface area contributed by atoms with Crippen LogP contribution in [0.3, 0.4) is 0 Å². The van der Waals surface area contributed by atoms with Gasteiger partial charge in [0.15, 0.2) is 0 Å². The van der Waals surface area contributed by atoms with Crippen LogP contribution >= 0.6 is 0 Å². The molecule has 5 heteroatoms. The zero-order valence-electron chi connectivity index (χ0n) is 10.8. The van der Waals surface area contributed by atoms with E-state index < -0.39 is 0 Å². The summed E-state index contributed by atoms with van der Waals surface area (Å²) in [6.45, 7) is 9.49. The van der Waals surface area contributed by atoms with Gasteiger partial charge >= 0.3 is 0 Å². The van der Waals surface area contributed by atoms with E-state index in [-0.39, 0.29) is 0 Å². The van der Waals surface area contributed by atoms with Gasteiger partial charge in [0.05, 0.1) is 0 Å². The molecule has 0 radical (unpaired) electrons. The summed E-state index contributed by atoms with van der Waals surface area (Å²) < 4.78 is 0. The van der Waals surface area contributed by atoms with Crippen molar-refractivity contribution in [1.29, 1.82) is 0 Å². The van der Waals surface area contributed by atoms with Gasteiger partial charge in [0.25, 0.3) is 0 Å². The number of anilines is 3. The van der Waals surface area contributed by atoms with Crippen molar-refractivity contribution >= 4 is 17.6 Å². The normalized spacial score (nSPS) is 18.4. The lowest BCUT2D eigenvalue weighted by atomic mass is 9.93. The fourth-order valence-corrected chi connectivity index (χ4v) is 2.19. The summed E-state index contributed by atoms with van der Waals surface area (Å²) in [6.07, 6.45) is 1.19. The summed E-state index contributed by atoms with van der Waals surface area (Å²) in [5, 5.41) is 3.18. The Balaban J connectivity index is 2.21. The summed E-state index contributed by atoms with van der Waals surface area (Å²) in [5.74, 6) is 2.07. The van der Waals surface area contributed by atoms with Crippen LogP contribution in [0.1, 0.15) is 27.2 Å². The van der Waals surface area contributed by atoms with Crippen molar-refractivity contribution in [1.82, 2.24) is 9.97 Å². The second-order valence-electron chi connectivity index (χ2n) is 5.34. The van der Waals surface area contributed by atoms with E-state index in [1.54, 1.807) is 0 Å². The minimum absolute atomic E-state index is 0.336. The highest BCUT2D eigenvalue weighted by Crippen LogP contribution is 2.32. The summed E-state index contributed by atoms with van der Waals surface area (Å²) in [7, 11) is 0. The van der Waals surface area contributed by atoms with Crippen molar-refractivity contribution in [2.24, 2.45) is 5.41 Å². The number of nitrogens with one attached hydrogen (secondary N) is 1. The number of nitrogen functional groups attached to an aromatic ring is 1. The molecular formula is C12H21N5. The molecule has 1 aliphatic heterocycles. The van der Waals surface area contributed by atoms with E-state index in [1.807, 2.05) is 13.0 Å². The van der Waals surface area contributed by atoms with Crippen LogP contribution in [0.25, 0.3) is 0 Å². The lowest BCUT2D eigenvalue weighted by molar-refractivity contribution is 0.418. The van der Waals surface area contributed by atoms with E-state index in [1.165, 1.54) is 6.42 Å². The van der Waals surface area contributed by atoms with Crippen LogP contribution in [-0.4, -0.2) is 29.6 Å². The largest absolute Gasteiger partial charge is 0.370 e. The molecule has 3 N–H and O–H groups in total. The average Bonchev–Trinajstić information content (AvgIpc) is 2.58. The molecule has 94 valence electrons. The highest BCUT2D eigenvalue weighted by molar-refractivity contribution is 5.53. The van der Waals surface area contributed by atoms with Crippen molar-refractivity contribution in [3.63, 3.8) is 0 Å². The van der Waals surface area contributed by atoms with Gasteiger partial charge in [-0.3, -0.25) is 0 Å². The first kappa shape index (κ1) is 12.0. The minimum Gasteiger partial charge on any atom is -0.370 e. The van der Waals surface area contributed by atoms with Gasteiger partial charge in [0, 0.05) is 25.7 Å². The lowest BCUT2D eigenvalue weighted by Gasteiger charge is -2.21. The molecule has 0 aliphatic carbocycles. The zero-order chi connectivity index (χ0) is 12.5. The van der Waals surface area contributed by atoms with Gasteiger partial charge in [-0.1, -0.05) is 13.8 Å². The standard InChI is InChI=1S/C12H21N5/c1-4-14-9-7-10(16-11(13)15-9)17-6-5-12(2,3)8-17/h7H,4-6,8H2,1-3H3,(H3,13,14,15,16). The quantitative estimate of drug-likeness (QED) is 0.835. The molecule has 2 rings (SSSR count). The Morgan fingerprint density at radius 2 is 2.24 bits per heavy atom. The van der Waals surface area contributed by atoms with E-state index in [2.05, 4.69) is 34.0 Å². The predicted octanol–water partition coefficient (Wildman–Crippen LogP) is 1.73. The third-order valence-corrected chi connectivity index (χ3v) is 3.09. The molecule has 2 heterocycles. The van der Waals surface area contributed by atoms with Crippen molar-refractivity contribution in [2.45, 2.75) is 27.2 Å². The Bertz CT molecular complexity index is 402. The molecule has 1 aromatic rings. The maximum atomic E-state index is 5.74. The van der Waals surface area contributed by atoms with Crippen molar-refractivity contribution < 1.29 is 0 Å². The molecule has 1 aromatic heterocycles. The molecule has 0 spiro atoms.